The monoisotopic (exact) mass is 1420 g/mol. The van der Waals surface area contributed by atoms with E-state index in [1.165, 1.54) is 98.7 Å². The Balaban J connectivity index is 0.000000120. The first kappa shape index (κ1) is 69.9. The van der Waals surface area contributed by atoms with Gasteiger partial charge in [-0.15, -0.1) is 11.3 Å². The van der Waals surface area contributed by atoms with Crippen molar-refractivity contribution < 1.29 is 9.59 Å². The van der Waals surface area contributed by atoms with Crippen LogP contribution in [-0.2, 0) is 17.5 Å². The number of aliphatic imine (C=N–C) groups is 1. The number of carbonyl (C=O) groups excluding carboxylic acids is 2. The van der Waals surface area contributed by atoms with Gasteiger partial charge in [0.1, 0.15) is 23.1 Å². The van der Waals surface area contributed by atoms with Gasteiger partial charge < -0.3 is 35.2 Å². The number of nitrogens with one attached hydrogen (secondary N) is 4. The molecular formula is C80H103N21O2S. The standard InChI is InChI=1S/C27H35N7.C27H34N6OS.C26H34N8O/c1-19(2)33-12-14-34(15-13-33)21-6-7-23(29-18-21)31-26-30-17-20-16-22-24(25(20)32-26)27(10-11-28-22)8-4-3-5-9-27;1-18(2)32-12-14-33(15-13-32)19-6-7-22(28-16-19)30-26-29-17-21-24(31-26)23-25(35-21)20(34)8-11-27(23)9-4-3-5-10-27;1-18(2)32-10-12-33(13-11-32)20-6-7-23(27-16-20)30-25-28-15-19-14-21-22(35)17-29-26(8-4-3-5-9-26)34(21)24(19)31-25/h6-7,11,17-19H,3-5,8-10,12-16H2,1-2H3,(H,29,30,31,32);6-7,16-18H,3-5,8-15H2,1-2H3,(H,28,29,30,31);6-7,14-16,18,29H,3-5,8-13,17H2,1-2H3,(H,27,28,30,31). The maximum atomic E-state index is 12.8. The number of anilines is 9. The zero-order valence-corrected chi connectivity index (χ0v) is 62.6. The zero-order chi connectivity index (χ0) is 71.1. The second-order valence-electron chi connectivity index (χ2n) is 31.5. The molecule has 0 aromatic carbocycles. The summed E-state index contributed by atoms with van der Waals surface area (Å²) in [6.45, 7) is 26.6. The van der Waals surface area contributed by atoms with Gasteiger partial charge in [0, 0.05) is 156 Å². The normalized spacial score (nSPS) is 21.0. The summed E-state index contributed by atoms with van der Waals surface area (Å²) in [4.78, 5) is 88.5. The summed E-state index contributed by atoms with van der Waals surface area (Å²) in [6, 6.07) is 16.2. The van der Waals surface area contributed by atoms with E-state index in [-0.39, 0.29) is 28.1 Å². The average Bonchev–Trinajstić information content (AvgIpc) is 1.56. The summed E-state index contributed by atoms with van der Waals surface area (Å²) in [5.41, 5.74) is 12.3. The van der Waals surface area contributed by atoms with Crippen LogP contribution >= 0.6 is 11.3 Å². The number of hydrogen-bond donors (Lipinski definition) is 4. The molecule has 546 valence electrons. The second-order valence-corrected chi connectivity index (χ2v) is 32.6. The van der Waals surface area contributed by atoms with Gasteiger partial charge in [-0.05, 0) is 154 Å². The number of aromatic nitrogens is 10. The van der Waals surface area contributed by atoms with E-state index in [0.29, 0.717) is 54.8 Å². The van der Waals surface area contributed by atoms with E-state index in [2.05, 4.69) is 151 Å². The molecule has 10 aliphatic rings. The Morgan fingerprint density at radius 2 is 0.990 bits per heavy atom. The molecule has 8 aromatic heterocycles. The molecule has 18 rings (SSSR count). The van der Waals surface area contributed by atoms with Crippen molar-refractivity contribution in [1.82, 2.24) is 69.4 Å². The molecule has 104 heavy (non-hydrogen) atoms. The lowest BCUT2D eigenvalue weighted by molar-refractivity contribution is 0.0807. The van der Waals surface area contributed by atoms with Gasteiger partial charge in [0.25, 0.3) is 0 Å². The van der Waals surface area contributed by atoms with Crippen molar-refractivity contribution in [2.24, 2.45) is 10.4 Å². The van der Waals surface area contributed by atoms with E-state index in [0.717, 1.165) is 184 Å². The third-order valence-electron chi connectivity index (χ3n) is 24.4. The first-order valence-electron chi connectivity index (χ1n) is 39.0. The van der Waals surface area contributed by atoms with E-state index in [9.17, 15) is 9.59 Å². The fourth-order valence-electron chi connectivity index (χ4n) is 18.4. The average molecular weight is 1420 g/mol. The number of thiophene rings is 1. The Kier molecular flexibility index (Phi) is 20.1. The molecule has 6 fully saturated rings. The lowest BCUT2D eigenvalue weighted by Gasteiger charge is -2.43. The summed E-state index contributed by atoms with van der Waals surface area (Å²) in [5, 5.41) is 14.4. The highest BCUT2D eigenvalue weighted by atomic mass is 32.1. The largest absolute Gasteiger partial charge is 0.368 e. The van der Waals surface area contributed by atoms with Gasteiger partial charge in [0.05, 0.1) is 86.2 Å². The highest BCUT2D eigenvalue weighted by Crippen LogP contribution is 2.56. The van der Waals surface area contributed by atoms with Crippen LogP contribution in [0.3, 0.4) is 0 Å². The fraction of sp³-hybridized carbons (Fsp3) is 0.550. The lowest BCUT2D eigenvalue weighted by atomic mass is 9.64. The quantitative estimate of drug-likeness (QED) is 0.0890. The third kappa shape index (κ3) is 14.2. The van der Waals surface area contributed by atoms with Crippen LogP contribution in [0.15, 0.2) is 90.3 Å². The van der Waals surface area contributed by atoms with Crippen molar-refractivity contribution in [2.45, 2.75) is 193 Å². The van der Waals surface area contributed by atoms with Crippen LogP contribution < -0.4 is 36.0 Å². The van der Waals surface area contributed by atoms with Gasteiger partial charge in [0.15, 0.2) is 11.6 Å². The Morgan fingerprint density at radius 1 is 0.500 bits per heavy atom. The maximum Gasteiger partial charge on any atom is 0.230 e. The minimum Gasteiger partial charge on any atom is -0.368 e. The summed E-state index contributed by atoms with van der Waals surface area (Å²) in [6.07, 6.45) is 35.3. The predicted molar refractivity (Wildman–Crippen MR) is 417 cm³/mol. The van der Waals surface area contributed by atoms with Crippen molar-refractivity contribution in [3.63, 3.8) is 0 Å². The maximum absolute atomic E-state index is 12.8. The number of pyridine rings is 3. The SMILES string of the molecule is CC(C)N1CCN(c2ccc(Nc3ncc4c(n3)C3=C(C4)N=CCC34CCCCC4)nc2)CC1.CC(C)N1CCN(c2ccc(Nc3ncc4cc5n(c4n3)C3(CCCCC3)NCC5=O)nc2)CC1.CC(C)N1CCN(c2ccc(Nc3ncc4sc5c(c4n3)C3(CCCCC3)CCC5=O)nc2)CC1. The van der Waals surface area contributed by atoms with Gasteiger partial charge in [-0.3, -0.25) is 34.6 Å². The van der Waals surface area contributed by atoms with Crippen LogP contribution in [0, 0.1) is 5.41 Å². The molecule has 3 saturated carbocycles. The number of carbonyl (C=O) groups is 2. The molecule has 23 nitrogen and oxygen atoms in total. The number of fused-ring (bicyclic) bond motifs is 11. The zero-order valence-electron chi connectivity index (χ0n) is 61.8. The molecule has 0 atom stereocenters. The molecule has 8 aromatic rings. The molecule has 5 aliphatic heterocycles. The van der Waals surface area contributed by atoms with Gasteiger partial charge in [-0.25, -0.2) is 39.9 Å². The third-order valence-corrected chi connectivity index (χ3v) is 25.5. The first-order valence-corrected chi connectivity index (χ1v) is 39.8. The van der Waals surface area contributed by atoms with Crippen LogP contribution in [0.1, 0.15) is 194 Å². The van der Waals surface area contributed by atoms with Gasteiger partial charge in [0.2, 0.25) is 17.8 Å². The molecule has 24 heteroatoms. The van der Waals surface area contributed by atoms with Crippen LogP contribution in [0.5, 0.6) is 0 Å². The van der Waals surface area contributed by atoms with E-state index in [1.54, 1.807) is 11.3 Å². The minimum absolute atomic E-state index is 0.111. The number of ketones is 2. The molecule has 13 heterocycles. The van der Waals surface area contributed by atoms with Crippen molar-refractivity contribution in [2.75, 3.05) is 116 Å². The first-order chi connectivity index (χ1) is 50.7. The summed E-state index contributed by atoms with van der Waals surface area (Å²) in [5.74, 6) is 4.29. The molecule has 0 bridgehead atoms. The van der Waals surface area contributed by atoms with Gasteiger partial charge in [-0.2, -0.15) is 4.98 Å². The fourth-order valence-corrected chi connectivity index (χ4v) is 19.6. The smallest absolute Gasteiger partial charge is 0.230 e. The summed E-state index contributed by atoms with van der Waals surface area (Å²) < 4.78 is 3.16. The molecular weight excluding hydrogens is 1320 g/mol. The van der Waals surface area contributed by atoms with Crippen molar-refractivity contribution >= 4 is 108 Å². The van der Waals surface area contributed by atoms with Gasteiger partial charge in [-0.1, -0.05) is 44.9 Å². The Bertz CT molecular complexity index is 4250. The van der Waals surface area contributed by atoms with Gasteiger partial charge >= 0.3 is 0 Å². The number of hydrogen-bond acceptors (Lipinski definition) is 23. The second kappa shape index (κ2) is 29.8. The molecule has 4 N–H and O–H groups in total. The molecule has 3 saturated heterocycles. The van der Waals surface area contributed by atoms with Crippen LogP contribution in [-0.4, -0.2) is 185 Å². The topological polar surface area (TPSA) is 235 Å². The Labute approximate surface area is 615 Å². The molecule has 0 amide bonds. The van der Waals surface area contributed by atoms with E-state index >= 15 is 0 Å². The highest BCUT2D eigenvalue weighted by Gasteiger charge is 2.46. The van der Waals surface area contributed by atoms with Crippen LogP contribution in [0.2, 0.25) is 0 Å². The molecule has 0 radical (unpaired) electrons. The van der Waals surface area contributed by atoms with Crippen LogP contribution in [0.25, 0.3) is 26.8 Å². The number of rotatable bonds is 12. The Hall–Kier alpha value is -8.42. The molecule has 0 unspecified atom stereocenters. The number of allylic oxidation sites excluding steroid dienone is 2. The summed E-state index contributed by atoms with van der Waals surface area (Å²) in [7, 11) is 0. The lowest BCUT2D eigenvalue weighted by Crippen LogP contribution is -2.55. The van der Waals surface area contributed by atoms with E-state index in [4.69, 9.17) is 19.9 Å². The summed E-state index contributed by atoms with van der Waals surface area (Å²) >= 11 is 1.58. The van der Waals surface area contributed by atoms with E-state index < -0.39 is 0 Å². The van der Waals surface area contributed by atoms with Crippen molar-refractivity contribution in [3.8, 4) is 0 Å². The molecule has 3 spiro atoms. The highest BCUT2D eigenvalue weighted by molar-refractivity contribution is 7.21. The van der Waals surface area contributed by atoms with Crippen molar-refractivity contribution in [1.29, 1.82) is 0 Å². The molecule has 5 aliphatic carbocycles. The minimum atomic E-state index is -0.228. The number of nitrogens with zero attached hydrogens (tertiary/aromatic N) is 17. The van der Waals surface area contributed by atoms with Crippen LogP contribution in [0.4, 0.5) is 52.4 Å². The Morgan fingerprint density at radius 3 is 1.51 bits per heavy atom. The van der Waals surface area contributed by atoms with E-state index in [1.807, 2.05) is 61.4 Å². The van der Waals surface area contributed by atoms with Crippen molar-refractivity contribution in [3.05, 3.63) is 113 Å². The number of piperazine rings is 3. The number of Topliss-reactive ketones (excluding diaryl/α,β-unsaturated/α-hetero) is 2. The predicted octanol–water partition coefficient (Wildman–Crippen LogP) is 13.9.